The molecular weight excluding hydrogens is 157 g/mol. The van der Waals surface area contributed by atoms with Crippen LogP contribution in [0, 0.1) is 0 Å². The highest BCUT2D eigenvalue weighted by atomic mass is 35.5. The lowest BCUT2D eigenvalue weighted by Gasteiger charge is -2.21. The average molecular weight is 170 g/mol. The van der Waals surface area contributed by atoms with Gasteiger partial charge in [-0.1, -0.05) is 6.42 Å². The van der Waals surface area contributed by atoms with Crippen molar-refractivity contribution in [1.82, 2.24) is 0 Å². The summed E-state index contributed by atoms with van der Waals surface area (Å²) in [6.07, 6.45) is 4.56. The maximum absolute atomic E-state index is 5.83. The van der Waals surface area contributed by atoms with Crippen LogP contribution in [0.2, 0.25) is 0 Å². The quantitative estimate of drug-likeness (QED) is 0.552. The molecule has 0 spiro atoms. The van der Waals surface area contributed by atoms with Crippen LogP contribution in [0.1, 0.15) is 25.7 Å². The van der Waals surface area contributed by atoms with Crippen molar-refractivity contribution in [2.45, 2.75) is 37.1 Å². The molecule has 1 aliphatic rings. The van der Waals surface area contributed by atoms with Gasteiger partial charge < -0.3 is 5.73 Å². The van der Waals surface area contributed by atoms with E-state index in [1.54, 1.807) is 0 Å². The highest BCUT2D eigenvalue weighted by molar-refractivity contribution is 6.20. The smallest absolute Gasteiger partial charge is 0.0350 e. The zero-order valence-electron chi connectivity index (χ0n) is 5.35. The van der Waals surface area contributed by atoms with E-state index in [9.17, 15) is 0 Å². The molecule has 3 heteroatoms. The Balaban J connectivity index is 0.000000640. The number of rotatable bonds is 0. The van der Waals surface area contributed by atoms with E-state index in [2.05, 4.69) is 0 Å². The highest BCUT2D eigenvalue weighted by Crippen LogP contribution is 2.20. The van der Waals surface area contributed by atoms with E-state index in [1.807, 2.05) is 0 Å². The fraction of sp³-hybridized carbons (Fsp3) is 1.00. The number of nitrogens with two attached hydrogens (primary N) is 1. The van der Waals surface area contributed by atoms with Crippen LogP contribution < -0.4 is 5.73 Å². The Morgan fingerprint density at radius 1 is 1.33 bits per heavy atom. The van der Waals surface area contributed by atoms with Crippen molar-refractivity contribution < 1.29 is 0 Å². The minimum absolute atomic E-state index is 0. The fourth-order valence-electron chi connectivity index (χ4n) is 1.17. The Morgan fingerprint density at radius 3 is 2.33 bits per heavy atom. The van der Waals surface area contributed by atoms with Gasteiger partial charge in [-0.05, 0) is 19.3 Å². The Hall–Kier alpha value is 0.540. The van der Waals surface area contributed by atoms with Crippen molar-refractivity contribution in [3.8, 4) is 0 Å². The summed E-state index contributed by atoms with van der Waals surface area (Å²) in [5.41, 5.74) is 5.64. The summed E-state index contributed by atoms with van der Waals surface area (Å²) in [6.45, 7) is 0. The van der Waals surface area contributed by atoms with Gasteiger partial charge >= 0.3 is 0 Å². The van der Waals surface area contributed by atoms with E-state index in [0.717, 1.165) is 12.8 Å². The average Bonchev–Trinajstić information content (AvgIpc) is 1.64. The molecule has 0 aromatic rings. The number of halogens is 2. The molecule has 1 saturated carbocycles. The van der Waals surface area contributed by atoms with Gasteiger partial charge in [0, 0.05) is 11.4 Å². The molecule has 2 atom stereocenters. The maximum atomic E-state index is 5.83. The molecule has 9 heavy (non-hydrogen) atoms. The minimum Gasteiger partial charge on any atom is -0.328 e. The van der Waals surface area contributed by atoms with Crippen molar-refractivity contribution in [2.75, 3.05) is 0 Å². The number of hydrogen-bond acceptors (Lipinski definition) is 1. The number of hydrogen-bond donors (Lipinski definition) is 1. The van der Waals surface area contributed by atoms with Crippen LogP contribution in [-0.4, -0.2) is 11.4 Å². The second-order valence-corrected chi connectivity index (χ2v) is 3.14. The van der Waals surface area contributed by atoms with Crippen LogP contribution in [0.15, 0.2) is 0 Å². The van der Waals surface area contributed by atoms with Gasteiger partial charge in [0.15, 0.2) is 0 Å². The van der Waals surface area contributed by atoms with Gasteiger partial charge in [0.05, 0.1) is 0 Å². The van der Waals surface area contributed by atoms with Crippen molar-refractivity contribution >= 4 is 24.0 Å². The fourth-order valence-corrected chi connectivity index (χ4v) is 1.55. The zero-order valence-corrected chi connectivity index (χ0v) is 6.92. The molecule has 0 heterocycles. The molecule has 0 saturated heterocycles. The Labute approximate surface area is 67.4 Å². The van der Waals surface area contributed by atoms with Crippen LogP contribution in [0.25, 0.3) is 0 Å². The molecule has 0 radical (unpaired) electrons. The van der Waals surface area contributed by atoms with Crippen molar-refractivity contribution in [3.05, 3.63) is 0 Å². The predicted octanol–water partition coefficient (Wildman–Crippen LogP) is 1.92. The molecule has 0 aromatic carbocycles. The molecule has 0 bridgehead atoms. The highest BCUT2D eigenvalue weighted by Gasteiger charge is 2.15. The molecule has 0 amide bonds. The first kappa shape index (κ1) is 9.54. The summed E-state index contributed by atoms with van der Waals surface area (Å²) >= 11 is 5.83. The molecule has 0 aliphatic heterocycles. The van der Waals surface area contributed by atoms with E-state index in [0.29, 0.717) is 11.4 Å². The van der Waals surface area contributed by atoms with Crippen LogP contribution in [0.5, 0.6) is 0 Å². The second-order valence-electron chi connectivity index (χ2n) is 2.52. The zero-order chi connectivity index (χ0) is 5.98. The van der Waals surface area contributed by atoms with Gasteiger partial charge in [0.1, 0.15) is 0 Å². The summed E-state index contributed by atoms with van der Waals surface area (Å²) in [5.74, 6) is 0. The van der Waals surface area contributed by atoms with E-state index in [1.165, 1.54) is 12.8 Å². The molecule has 1 fully saturated rings. The first-order chi connectivity index (χ1) is 3.79. The van der Waals surface area contributed by atoms with Gasteiger partial charge in [-0.15, -0.1) is 24.0 Å². The molecule has 2 N–H and O–H groups in total. The van der Waals surface area contributed by atoms with Gasteiger partial charge in [0.2, 0.25) is 0 Å². The standard InChI is InChI=1S/C6H12ClN.ClH/c7-5-2-1-3-6(8)4-5;/h5-6H,1-4,8H2;1H/t5-,6-;/m1./s1. The first-order valence-electron chi connectivity index (χ1n) is 3.18. The van der Waals surface area contributed by atoms with E-state index in [-0.39, 0.29) is 12.4 Å². The molecule has 1 rings (SSSR count). The Morgan fingerprint density at radius 2 is 2.00 bits per heavy atom. The van der Waals surface area contributed by atoms with Crippen LogP contribution in [0.3, 0.4) is 0 Å². The first-order valence-corrected chi connectivity index (χ1v) is 3.62. The van der Waals surface area contributed by atoms with Crippen molar-refractivity contribution in [3.63, 3.8) is 0 Å². The number of alkyl halides is 1. The van der Waals surface area contributed by atoms with Gasteiger partial charge in [-0.3, -0.25) is 0 Å². The third-order valence-electron chi connectivity index (χ3n) is 1.65. The third kappa shape index (κ3) is 3.29. The lowest BCUT2D eigenvalue weighted by Crippen LogP contribution is -2.27. The Bertz CT molecular complexity index is 69.5. The third-order valence-corrected chi connectivity index (χ3v) is 2.05. The molecule has 1 aliphatic carbocycles. The van der Waals surface area contributed by atoms with Crippen LogP contribution in [0.4, 0.5) is 0 Å². The van der Waals surface area contributed by atoms with E-state index < -0.39 is 0 Å². The maximum Gasteiger partial charge on any atom is 0.0350 e. The summed E-state index contributed by atoms with van der Waals surface area (Å²) < 4.78 is 0. The van der Waals surface area contributed by atoms with Crippen LogP contribution in [-0.2, 0) is 0 Å². The van der Waals surface area contributed by atoms with E-state index in [4.69, 9.17) is 17.3 Å². The van der Waals surface area contributed by atoms with E-state index >= 15 is 0 Å². The second kappa shape index (κ2) is 4.37. The summed E-state index contributed by atoms with van der Waals surface area (Å²) in [4.78, 5) is 0. The SMILES string of the molecule is Cl.N[C@@H]1CCC[C@@H](Cl)C1. The summed E-state index contributed by atoms with van der Waals surface area (Å²) in [6, 6.07) is 0.381. The summed E-state index contributed by atoms with van der Waals surface area (Å²) in [7, 11) is 0. The van der Waals surface area contributed by atoms with Crippen molar-refractivity contribution in [1.29, 1.82) is 0 Å². The lowest BCUT2D eigenvalue weighted by atomic mass is 9.96. The molecule has 0 aromatic heterocycles. The van der Waals surface area contributed by atoms with Gasteiger partial charge in [0.25, 0.3) is 0 Å². The molecule has 0 unspecified atom stereocenters. The molecular formula is C6H13Cl2N. The topological polar surface area (TPSA) is 26.0 Å². The minimum atomic E-state index is 0. The van der Waals surface area contributed by atoms with Gasteiger partial charge in [-0.2, -0.15) is 0 Å². The molecule has 56 valence electrons. The predicted molar refractivity (Wildman–Crippen MR) is 43.3 cm³/mol. The van der Waals surface area contributed by atoms with Crippen molar-refractivity contribution in [2.24, 2.45) is 5.73 Å². The molecule has 1 nitrogen and oxygen atoms in total. The lowest BCUT2D eigenvalue weighted by molar-refractivity contribution is 0.447. The van der Waals surface area contributed by atoms with Gasteiger partial charge in [-0.25, -0.2) is 0 Å². The monoisotopic (exact) mass is 169 g/mol. The normalized spacial score (nSPS) is 35.3. The summed E-state index contributed by atoms with van der Waals surface area (Å²) in [5, 5.41) is 0.360. The Kier molecular flexibility index (Phi) is 4.63. The largest absolute Gasteiger partial charge is 0.328 e. The van der Waals surface area contributed by atoms with Crippen LogP contribution >= 0.6 is 24.0 Å².